The van der Waals surface area contributed by atoms with Crippen LogP contribution in [-0.4, -0.2) is 105 Å². The van der Waals surface area contributed by atoms with Gasteiger partial charge in [0.25, 0.3) is 0 Å². The summed E-state index contributed by atoms with van der Waals surface area (Å²) in [6.07, 6.45) is 4.09. The molecule has 3 aliphatic heterocycles. The Balaban J connectivity index is 1.49. The number of rotatable bonds is 3. The number of benzene rings is 1. The van der Waals surface area contributed by atoms with Crippen molar-refractivity contribution in [3.63, 3.8) is 0 Å². The molecule has 2 bridgehead atoms. The van der Waals surface area contributed by atoms with E-state index < -0.39 is 10.0 Å². The quantitative estimate of drug-likeness (QED) is 0.613. The molecule has 0 radical (unpaired) electrons. The molecule has 0 unspecified atom stereocenters. The van der Waals surface area contributed by atoms with E-state index in [4.69, 9.17) is 4.74 Å². The van der Waals surface area contributed by atoms with Gasteiger partial charge in [-0.1, -0.05) is 18.2 Å². The Morgan fingerprint density at radius 3 is 2.54 bits per heavy atom. The summed E-state index contributed by atoms with van der Waals surface area (Å²) in [6, 6.07) is 7.40. The predicted octanol–water partition coefficient (Wildman–Crippen LogP) is 1.25. The first-order valence-corrected chi connectivity index (χ1v) is 14.5. The topological polar surface area (TPSA) is 90.5 Å². The van der Waals surface area contributed by atoms with Crippen LogP contribution in [-0.2, 0) is 26.2 Å². The zero-order chi connectivity index (χ0) is 25.0. The lowest BCUT2D eigenvalue weighted by molar-refractivity contribution is -0.137. The van der Waals surface area contributed by atoms with Crippen LogP contribution >= 0.6 is 0 Å². The number of sulfonamides is 1. The smallest absolute Gasteiger partial charge is 0.237 e. The lowest BCUT2D eigenvalue weighted by Gasteiger charge is -2.40. The molecule has 3 heterocycles. The highest BCUT2D eigenvalue weighted by Gasteiger charge is 2.35. The van der Waals surface area contributed by atoms with Gasteiger partial charge in [-0.05, 0) is 44.2 Å². The van der Waals surface area contributed by atoms with Crippen LogP contribution in [0.4, 0.5) is 0 Å². The number of piperazine rings is 1. The largest absolute Gasteiger partial charge is 0.493 e. The molecule has 3 aliphatic rings. The van der Waals surface area contributed by atoms with Crippen molar-refractivity contribution >= 4 is 21.8 Å². The van der Waals surface area contributed by atoms with Crippen LogP contribution in [0, 0.1) is 11.8 Å². The average molecular weight is 507 g/mol. The summed E-state index contributed by atoms with van der Waals surface area (Å²) in [5.41, 5.74) is 0.749. The van der Waals surface area contributed by atoms with Crippen LogP contribution in [0.1, 0.15) is 31.2 Å². The molecule has 0 N–H and O–H groups in total. The number of piperidine rings is 1. The van der Waals surface area contributed by atoms with Crippen molar-refractivity contribution in [2.45, 2.75) is 32.2 Å². The molecule has 1 aromatic rings. The van der Waals surface area contributed by atoms with Crippen LogP contribution in [0.25, 0.3) is 0 Å². The van der Waals surface area contributed by atoms with Crippen LogP contribution in [0.5, 0.6) is 5.75 Å². The number of carbonyl (C=O) groups is 2. The van der Waals surface area contributed by atoms with E-state index in [9.17, 15) is 18.0 Å². The van der Waals surface area contributed by atoms with Crippen LogP contribution in [0.15, 0.2) is 24.3 Å². The minimum Gasteiger partial charge on any atom is -0.493 e. The van der Waals surface area contributed by atoms with Crippen molar-refractivity contribution in [1.82, 2.24) is 19.0 Å². The zero-order valence-corrected chi connectivity index (χ0v) is 21.7. The van der Waals surface area contributed by atoms with Crippen molar-refractivity contribution in [2.75, 3.05) is 65.7 Å². The first kappa shape index (κ1) is 25.9. The number of amides is 2. The van der Waals surface area contributed by atoms with Gasteiger partial charge in [0, 0.05) is 57.8 Å². The van der Waals surface area contributed by atoms with E-state index in [-0.39, 0.29) is 36.7 Å². The minimum atomic E-state index is -3.59. The second kappa shape index (κ2) is 11.3. The average Bonchev–Trinajstić information content (AvgIpc) is 2.83. The second-order valence-electron chi connectivity index (χ2n) is 10.2. The van der Waals surface area contributed by atoms with Gasteiger partial charge in [-0.3, -0.25) is 9.59 Å². The Hall–Kier alpha value is -2.17. The lowest BCUT2D eigenvalue weighted by Crippen LogP contribution is -2.50. The third kappa shape index (κ3) is 6.74. The van der Waals surface area contributed by atoms with Gasteiger partial charge in [0.05, 0.1) is 19.4 Å². The fourth-order valence-corrected chi connectivity index (χ4v) is 6.06. The fourth-order valence-electron chi connectivity index (χ4n) is 5.35. The highest BCUT2D eigenvalue weighted by molar-refractivity contribution is 7.88. The number of likely N-dealkylation sites (N-methyl/N-ethyl adjacent to an activating group) is 1. The zero-order valence-electron chi connectivity index (χ0n) is 20.9. The molecule has 2 saturated heterocycles. The number of hydrogen-bond acceptors (Lipinski definition) is 6. The van der Waals surface area contributed by atoms with E-state index in [0.717, 1.165) is 57.3 Å². The van der Waals surface area contributed by atoms with Gasteiger partial charge in [-0.15, -0.1) is 0 Å². The molecule has 35 heavy (non-hydrogen) atoms. The van der Waals surface area contributed by atoms with Gasteiger partial charge >= 0.3 is 0 Å². The maximum absolute atomic E-state index is 13.2. The predicted molar refractivity (Wildman–Crippen MR) is 133 cm³/mol. The minimum absolute atomic E-state index is 0.0974. The molecule has 0 aliphatic carbocycles. The summed E-state index contributed by atoms with van der Waals surface area (Å²) < 4.78 is 32.3. The van der Waals surface area contributed by atoms with Crippen molar-refractivity contribution in [3.8, 4) is 5.75 Å². The summed E-state index contributed by atoms with van der Waals surface area (Å²) in [4.78, 5) is 32.3. The maximum atomic E-state index is 13.2. The highest BCUT2D eigenvalue weighted by Crippen LogP contribution is 2.32. The summed E-state index contributed by atoms with van der Waals surface area (Å²) in [6.45, 7) is 4.88. The SMILES string of the molecule is CN1CCN(C(=O)C[C@@H]2CCN3C[C@@H]2CCCOc2ccccc2CN(S(C)(=O)=O)CC3=O)CC1. The van der Waals surface area contributed by atoms with Crippen LogP contribution in [0.2, 0.25) is 0 Å². The first-order valence-electron chi connectivity index (χ1n) is 12.6. The molecule has 9 nitrogen and oxygen atoms in total. The molecule has 1 aromatic carbocycles. The number of fused-ring (bicyclic) bond motifs is 3. The molecule has 0 saturated carbocycles. The standard InChI is InChI=1S/C25H38N4O5S/c1-26-11-13-27(14-12-26)24(30)16-20-9-10-28-17-21(20)7-5-15-34-23-8-4-3-6-22(23)18-29(19-25(28)31)35(2,32)33/h3-4,6,8,20-21H,5,7,9-19H2,1-2H3/t20-,21-/m0/s1. The monoisotopic (exact) mass is 506 g/mol. The van der Waals surface area contributed by atoms with Crippen molar-refractivity contribution in [2.24, 2.45) is 11.8 Å². The van der Waals surface area contributed by atoms with Gasteiger partial charge in [0.1, 0.15) is 5.75 Å². The highest BCUT2D eigenvalue weighted by atomic mass is 32.2. The van der Waals surface area contributed by atoms with Crippen LogP contribution in [0.3, 0.4) is 0 Å². The fraction of sp³-hybridized carbons (Fsp3) is 0.680. The third-order valence-corrected chi connectivity index (χ3v) is 8.81. The molecule has 4 rings (SSSR count). The van der Waals surface area contributed by atoms with Crippen molar-refractivity contribution in [1.29, 1.82) is 0 Å². The number of hydrogen-bond donors (Lipinski definition) is 0. The number of nitrogens with zero attached hydrogens (tertiary/aromatic N) is 4. The van der Waals surface area contributed by atoms with E-state index in [1.807, 2.05) is 29.2 Å². The summed E-state index contributed by atoms with van der Waals surface area (Å²) in [7, 11) is -1.52. The molecule has 2 amide bonds. The third-order valence-electron chi connectivity index (χ3n) is 7.61. The van der Waals surface area contributed by atoms with Crippen molar-refractivity contribution < 1.29 is 22.7 Å². The Labute approximate surface area is 209 Å². The summed E-state index contributed by atoms with van der Waals surface area (Å²) in [5.74, 6) is 1.09. The molecular weight excluding hydrogens is 468 g/mol. The normalized spacial score (nSPS) is 25.6. The van der Waals surface area contributed by atoms with E-state index in [2.05, 4.69) is 11.9 Å². The summed E-state index contributed by atoms with van der Waals surface area (Å²) >= 11 is 0. The van der Waals surface area contributed by atoms with Gasteiger partial charge in [0.2, 0.25) is 21.8 Å². The Morgan fingerprint density at radius 1 is 1.06 bits per heavy atom. The maximum Gasteiger partial charge on any atom is 0.237 e. The van der Waals surface area contributed by atoms with Gasteiger partial charge < -0.3 is 19.4 Å². The van der Waals surface area contributed by atoms with E-state index in [1.165, 1.54) is 4.31 Å². The molecular formula is C25H38N4O5S. The first-order chi connectivity index (χ1) is 16.7. The molecule has 10 heteroatoms. The Bertz CT molecular complexity index is 1010. The van der Waals surface area contributed by atoms with Crippen LogP contribution < -0.4 is 4.74 Å². The Morgan fingerprint density at radius 2 is 1.80 bits per heavy atom. The molecule has 0 aromatic heterocycles. The lowest BCUT2D eigenvalue weighted by atomic mass is 9.80. The molecule has 0 spiro atoms. The number of para-hydroxylation sites is 1. The van der Waals surface area contributed by atoms with E-state index in [0.29, 0.717) is 31.9 Å². The Kier molecular flexibility index (Phi) is 8.34. The van der Waals surface area contributed by atoms with Gasteiger partial charge in [-0.2, -0.15) is 4.31 Å². The van der Waals surface area contributed by atoms with Gasteiger partial charge in [-0.25, -0.2) is 8.42 Å². The second-order valence-corrected chi connectivity index (χ2v) is 12.1. The number of ether oxygens (including phenoxy) is 1. The van der Waals surface area contributed by atoms with Crippen molar-refractivity contribution in [3.05, 3.63) is 29.8 Å². The van der Waals surface area contributed by atoms with Gasteiger partial charge in [0.15, 0.2) is 0 Å². The molecule has 2 atom stereocenters. The van der Waals surface area contributed by atoms with E-state index in [1.54, 1.807) is 4.90 Å². The number of carbonyl (C=O) groups excluding carboxylic acids is 2. The summed E-state index contributed by atoms with van der Waals surface area (Å²) in [5, 5.41) is 0. The molecule has 194 valence electrons. The van der Waals surface area contributed by atoms with E-state index >= 15 is 0 Å². The molecule has 2 fully saturated rings.